The zero-order valence-corrected chi connectivity index (χ0v) is 5.43. The molecule has 1 heterocycles. The number of nitrogens with two attached hydrogens (primary N) is 1. The highest BCUT2D eigenvalue weighted by Crippen LogP contribution is 2.11. The highest BCUT2D eigenvalue weighted by Gasteiger charge is 2.13. The molecule has 1 saturated heterocycles. The predicted molar refractivity (Wildman–Crippen MR) is 34.2 cm³/mol. The van der Waals surface area contributed by atoms with Gasteiger partial charge in [0.2, 0.25) is 0 Å². The average molecular weight is 114 g/mol. The number of hydrogen-bond acceptors (Lipinski definition) is 2. The second-order valence-electron chi connectivity index (χ2n) is 2.58. The maximum Gasteiger partial charge on any atom is 0.0212 e. The Morgan fingerprint density at radius 2 is 2.25 bits per heavy atom. The normalized spacial score (nSPS) is 33.0. The first-order valence-electron chi connectivity index (χ1n) is 3.32. The predicted octanol–water partition coefficient (Wildman–Crippen LogP) is 0.734. The minimum atomic E-state index is 0.615. The Labute approximate surface area is 50.6 Å². The van der Waals surface area contributed by atoms with Crippen molar-refractivity contribution >= 4 is 0 Å². The van der Waals surface area contributed by atoms with Gasteiger partial charge >= 0.3 is 0 Å². The molecule has 1 atom stereocenters. The van der Waals surface area contributed by atoms with Gasteiger partial charge in [0.1, 0.15) is 0 Å². The van der Waals surface area contributed by atoms with Crippen molar-refractivity contribution in [2.45, 2.75) is 32.2 Å². The quantitative estimate of drug-likeness (QED) is 0.470. The SMILES string of the molecule is C[C@@H]1CCCCN1N. The summed E-state index contributed by atoms with van der Waals surface area (Å²) in [6.07, 6.45) is 3.91. The lowest BCUT2D eigenvalue weighted by Gasteiger charge is -2.28. The molecule has 0 radical (unpaired) electrons. The molecule has 8 heavy (non-hydrogen) atoms. The van der Waals surface area contributed by atoms with E-state index in [2.05, 4.69) is 6.92 Å². The van der Waals surface area contributed by atoms with Crippen LogP contribution in [-0.4, -0.2) is 17.6 Å². The molecule has 1 rings (SSSR count). The van der Waals surface area contributed by atoms with E-state index in [0.717, 1.165) is 6.54 Å². The van der Waals surface area contributed by atoms with E-state index in [1.165, 1.54) is 19.3 Å². The van der Waals surface area contributed by atoms with Crippen LogP contribution in [0.2, 0.25) is 0 Å². The van der Waals surface area contributed by atoms with Gasteiger partial charge in [-0.15, -0.1) is 0 Å². The third kappa shape index (κ3) is 1.20. The molecular weight excluding hydrogens is 100 g/mol. The molecule has 0 saturated carbocycles. The topological polar surface area (TPSA) is 29.3 Å². The molecule has 1 aliphatic rings. The van der Waals surface area contributed by atoms with Crippen molar-refractivity contribution in [1.82, 2.24) is 5.01 Å². The van der Waals surface area contributed by atoms with Gasteiger partial charge in [0.25, 0.3) is 0 Å². The number of rotatable bonds is 0. The van der Waals surface area contributed by atoms with Gasteiger partial charge < -0.3 is 0 Å². The van der Waals surface area contributed by atoms with E-state index in [9.17, 15) is 0 Å². The summed E-state index contributed by atoms with van der Waals surface area (Å²) in [5, 5.41) is 1.93. The van der Waals surface area contributed by atoms with Crippen molar-refractivity contribution < 1.29 is 0 Å². The second kappa shape index (κ2) is 2.46. The highest BCUT2D eigenvalue weighted by atomic mass is 15.4. The van der Waals surface area contributed by atoms with Crippen molar-refractivity contribution in [2.24, 2.45) is 5.84 Å². The Morgan fingerprint density at radius 1 is 1.50 bits per heavy atom. The molecule has 0 aromatic rings. The fraction of sp³-hybridized carbons (Fsp3) is 1.00. The molecule has 0 aromatic heterocycles. The van der Waals surface area contributed by atoms with Crippen molar-refractivity contribution in [3.8, 4) is 0 Å². The molecule has 0 aliphatic carbocycles. The molecule has 48 valence electrons. The molecule has 0 amide bonds. The van der Waals surface area contributed by atoms with Crippen LogP contribution in [0.5, 0.6) is 0 Å². The summed E-state index contributed by atoms with van der Waals surface area (Å²) in [5.41, 5.74) is 0. The van der Waals surface area contributed by atoms with Crippen LogP contribution in [-0.2, 0) is 0 Å². The number of hydrogen-bond donors (Lipinski definition) is 1. The maximum absolute atomic E-state index is 5.61. The Kier molecular flexibility index (Phi) is 1.86. The van der Waals surface area contributed by atoms with Crippen LogP contribution >= 0.6 is 0 Å². The van der Waals surface area contributed by atoms with Crippen molar-refractivity contribution in [2.75, 3.05) is 6.54 Å². The maximum atomic E-state index is 5.61. The summed E-state index contributed by atoms with van der Waals surface area (Å²) in [4.78, 5) is 0. The molecule has 0 spiro atoms. The second-order valence-corrected chi connectivity index (χ2v) is 2.58. The van der Waals surface area contributed by atoms with Gasteiger partial charge in [0, 0.05) is 12.6 Å². The van der Waals surface area contributed by atoms with Gasteiger partial charge in [0.05, 0.1) is 0 Å². The molecule has 0 aromatic carbocycles. The monoisotopic (exact) mass is 114 g/mol. The van der Waals surface area contributed by atoms with Gasteiger partial charge in [-0.05, 0) is 19.8 Å². The average Bonchev–Trinajstić information content (AvgIpc) is 1.77. The lowest BCUT2D eigenvalue weighted by molar-refractivity contribution is 0.164. The molecule has 1 fully saturated rings. The van der Waals surface area contributed by atoms with Gasteiger partial charge in [-0.25, -0.2) is 5.01 Å². The lowest BCUT2D eigenvalue weighted by atomic mass is 10.1. The minimum Gasteiger partial charge on any atom is -0.269 e. The van der Waals surface area contributed by atoms with Crippen LogP contribution in [0.25, 0.3) is 0 Å². The van der Waals surface area contributed by atoms with Crippen LogP contribution in [0, 0.1) is 0 Å². The summed E-state index contributed by atoms with van der Waals surface area (Å²) in [7, 11) is 0. The number of hydrazine groups is 1. The summed E-state index contributed by atoms with van der Waals surface area (Å²) in [6, 6.07) is 0.615. The Balaban J connectivity index is 2.28. The molecular formula is C6H14N2. The highest BCUT2D eigenvalue weighted by molar-refractivity contribution is 4.66. The number of piperidine rings is 1. The van der Waals surface area contributed by atoms with Crippen LogP contribution in [0.1, 0.15) is 26.2 Å². The zero-order chi connectivity index (χ0) is 5.98. The lowest BCUT2D eigenvalue weighted by Crippen LogP contribution is -2.42. The van der Waals surface area contributed by atoms with Crippen molar-refractivity contribution in [1.29, 1.82) is 0 Å². The van der Waals surface area contributed by atoms with E-state index in [1.807, 2.05) is 5.01 Å². The van der Waals surface area contributed by atoms with E-state index >= 15 is 0 Å². The largest absolute Gasteiger partial charge is 0.269 e. The first-order valence-corrected chi connectivity index (χ1v) is 3.32. The molecule has 0 bridgehead atoms. The van der Waals surface area contributed by atoms with E-state index in [1.54, 1.807) is 0 Å². The van der Waals surface area contributed by atoms with E-state index in [0.29, 0.717) is 6.04 Å². The Morgan fingerprint density at radius 3 is 2.62 bits per heavy atom. The fourth-order valence-electron chi connectivity index (χ4n) is 1.12. The van der Waals surface area contributed by atoms with Crippen molar-refractivity contribution in [3.05, 3.63) is 0 Å². The smallest absolute Gasteiger partial charge is 0.0212 e. The van der Waals surface area contributed by atoms with Crippen LogP contribution in [0.3, 0.4) is 0 Å². The standard InChI is InChI=1S/C6H14N2/c1-6-4-2-3-5-8(6)7/h6H,2-5,7H2,1H3/t6-/m1/s1. The van der Waals surface area contributed by atoms with Crippen LogP contribution in [0.4, 0.5) is 0 Å². The molecule has 2 heteroatoms. The molecule has 2 nitrogen and oxygen atoms in total. The third-order valence-corrected chi connectivity index (χ3v) is 1.85. The van der Waals surface area contributed by atoms with E-state index in [4.69, 9.17) is 5.84 Å². The van der Waals surface area contributed by atoms with Gasteiger partial charge in [-0.3, -0.25) is 5.84 Å². The molecule has 2 N–H and O–H groups in total. The van der Waals surface area contributed by atoms with Crippen molar-refractivity contribution in [3.63, 3.8) is 0 Å². The third-order valence-electron chi connectivity index (χ3n) is 1.85. The van der Waals surface area contributed by atoms with E-state index in [-0.39, 0.29) is 0 Å². The first kappa shape index (κ1) is 6.05. The first-order chi connectivity index (χ1) is 3.80. The molecule has 0 unspecified atom stereocenters. The molecule has 1 aliphatic heterocycles. The minimum absolute atomic E-state index is 0.615. The fourth-order valence-corrected chi connectivity index (χ4v) is 1.12. The van der Waals surface area contributed by atoms with E-state index < -0.39 is 0 Å². The summed E-state index contributed by atoms with van der Waals surface area (Å²) in [6.45, 7) is 3.26. The Bertz CT molecular complexity index is 62.9. The Hall–Kier alpha value is -0.0800. The summed E-state index contributed by atoms with van der Waals surface area (Å²) < 4.78 is 0. The summed E-state index contributed by atoms with van der Waals surface area (Å²) >= 11 is 0. The zero-order valence-electron chi connectivity index (χ0n) is 5.43. The van der Waals surface area contributed by atoms with Gasteiger partial charge in [0.15, 0.2) is 0 Å². The van der Waals surface area contributed by atoms with Crippen LogP contribution in [0.15, 0.2) is 0 Å². The van der Waals surface area contributed by atoms with Crippen LogP contribution < -0.4 is 5.84 Å². The summed E-state index contributed by atoms with van der Waals surface area (Å²) in [5.74, 6) is 5.61. The van der Waals surface area contributed by atoms with Gasteiger partial charge in [-0.1, -0.05) is 6.42 Å². The number of nitrogens with zero attached hydrogens (tertiary/aromatic N) is 1. The van der Waals surface area contributed by atoms with Gasteiger partial charge in [-0.2, -0.15) is 0 Å².